The summed E-state index contributed by atoms with van der Waals surface area (Å²) in [5, 5.41) is 3.59. The van der Waals surface area contributed by atoms with Crippen molar-refractivity contribution in [3.63, 3.8) is 0 Å². The summed E-state index contributed by atoms with van der Waals surface area (Å²) in [5.74, 6) is 0.621. The van der Waals surface area contributed by atoms with Crippen molar-refractivity contribution in [3.05, 3.63) is 176 Å². The van der Waals surface area contributed by atoms with Crippen LogP contribution in [0.1, 0.15) is 0 Å². The molecule has 0 fully saturated rings. The van der Waals surface area contributed by atoms with Crippen molar-refractivity contribution in [2.45, 2.75) is 0 Å². The Hall–Kier alpha value is -6.85. The molecule has 0 amide bonds. The second-order valence-corrected chi connectivity index (χ2v) is 12.2. The first-order valence-electron chi connectivity index (χ1n) is 16.6. The van der Waals surface area contributed by atoms with Gasteiger partial charge in [-0.25, -0.2) is 15.0 Å². The third-order valence-corrected chi connectivity index (χ3v) is 9.00. The number of fused-ring (bicyclic) bond motifs is 3. The van der Waals surface area contributed by atoms with Crippen molar-refractivity contribution in [3.8, 4) is 67.7 Å². The summed E-state index contributed by atoms with van der Waals surface area (Å²) in [7, 11) is 0. The van der Waals surface area contributed by atoms with E-state index >= 15 is 0 Å². The summed E-state index contributed by atoms with van der Waals surface area (Å²) >= 11 is 0. The maximum absolute atomic E-state index is 5.21. The van der Waals surface area contributed by atoms with Crippen LogP contribution in [0.2, 0.25) is 0 Å². The molecule has 5 heteroatoms. The molecule has 0 unspecified atom stereocenters. The second-order valence-electron chi connectivity index (χ2n) is 12.2. The molecule has 5 nitrogen and oxygen atoms in total. The number of hydrogen-bond donors (Lipinski definition) is 0. The van der Waals surface area contributed by atoms with Gasteiger partial charge in [-0.15, -0.1) is 0 Å². The number of hydrogen-bond acceptors (Lipinski definition) is 5. The molecular formula is C45H29N5. The summed E-state index contributed by atoms with van der Waals surface area (Å²) in [6.07, 6.45) is 3.55. The van der Waals surface area contributed by atoms with E-state index in [9.17, 15) is 0 Å². The van der Waals surface area contributed by atoms with Crippen LogP contribution in [0.3, 0.4) is 0 Å². The first kappa shape index (κ1) is 29.3. The van der Waals surface area contributed by atoms with E-state index in [0.29, 0.717) is 5.82 Å². The van der Waals surface area contributed by atoms with Crippen LogP contribution in [-0.2, 0) is 0 Å². The molecule has 0 bridgehead atoms. The molecule has 0 atom stereocenters. The van der Waals surface area contributed by atoms with Crippen molar-refractivity contribution in [1.29, 1.82) is 0 Å². The van der Waals surface area contributed by atoms with E-state index in [4.69, 9.17) is 15.0 Å². The quantitative estimate of drug-likeness (QED) is 0.169. The van der Waals surface area contributed by atoms with Gasteiger partial charge < -0.3 is 0 Å². The van der Waals surface area contributed by atoms with Crippen LogP contribution in [0, 0.1) is 0 Å². The zero-order chi connectivity index (χ0) is 33.3. The van der Waals surface area contributed by atoms with Crippen molar-refractivity contribution in [2.75, 3.05) is 0 Å². The Kier molecular flexibility index (Phi) is 7.41. The van der Waals surface area contributed by atoms with E-state index < -0.39 is 0 Å². The first-order valence-corrected chi connectivity index (χ1v) is 16.6. The lowest BCUT2D eigenvalue weighted by atomic mass is 9.94. The number of rotatable bonds is 6. The van der Waals surface area contributed by atoms with Crippen LogP contribution >= 0.6 is 0 Å². The minimum atomic E-state index is 0.621. The summed E-state index contributed by atoms with van der Waals surface area (Å²) in [5.41, 5.74) is 11.5. The van der Waals surface area contributed by atoms with Gasteiger partial charge in [0, 0.05) is 28.9 Å². The van der Waals surface area contributed by atoms with E-state index in [1.165, 1.54) is 27.3 Å². The van der Waals surface area contributed by atoms with Crippen molar-refractivity contribution < 1.29 is 0 Å². The highest BCUT2D eigenvalue weighted by molar-refractivity contribution is 6.13. The zero-order valence-corrected chi connectivity index (χ0v) is 27.0. The maximum atomic E-state index is 5.21. The predicted molar refractivity (Wildman–Crippen MR) is 203 cm³/mol. The van der Waals surface area contributed by atoms with Crippen molar-refractivity contribution in [1.82, 2.24) is 24.9 Å². The molecule has 4 aromatic heterocycles. The number of benzene rings is 5. The van der Waals surface area contributed by atoms with Gasteiger partial charge in [0.25, 0.3) is 0 Å². The van der Waals surface area contributed by atoms with Gasteiger partial charge in [-0.1, -0.05) is 115 Å². The molecule has 9 aromatic rings. The molecule has 0 spiro atoms. The Labute approximate surface area is 289 Å². The van der Waals surface area contributed by atoms with Gasteiger partial charge in [0.05, 0.1) is 34.0 Å². The smallest absolute Gasteiger partial charge is 0.160 e. The molecule has 0 saturated carbocycles. The largest absolute Gasteiger partial charge is 0.255 e. The number of nitrogens with zero attached hydrogens (tertiary/aromatic N) is 5. The Balaban J connectivity index is 1.10. The average Bonchev–Trinajstić information content (AvgIpc) is 3.21. The molecule has 50 heavy (non-hydrogen) atoms. The highest BCUT2D eigenvalue weighted by Gasteiger charge is 2.15. The SMILES string of the molecule is c1ccc(-c2cc(-c3cccc(-c4ccc(-c5nc(-c6ccccn6)cc(-c6ccccn6)n5)cc4)c3)nc3ccc4ccccc4c23)cc1. The fourth-order valence-electron chi connectivity index (χ4n) is 6.54. The van der Waals surface area contributed by atoms with Gasteiger partial charge in [0.1, 0.15) is 0 Å². The minimum absolute atomic E-state index is 0.621. The Bertz CT molecular complexity index is 2560. The summed E-state index contributed by atoms with van der Waals surface area (Å²) in [4.78, 5) is 24.1. The van der Waals surface area contributed by atoms with E-state index in [-0.39, 0.29) is 0 Å². The fraction of sp³-hybridized carbons (Fsp3) is 0. The lowest BCUT2D eigenvalue weighted by Crippen LogP contribution is -1.97. The van der Waals surface area contributed by atoms with Gasteiger partial charge in [-0.05, 0) is 81.6 Å². The summed E-state index contributed by atoms with van der Waals surface area (Å²) in [6, 6.07) is 56.3. The first-order chi connectivity index (χ1) is 24.8. The maximum Gasteiger partial charge on any atom is 0.160 e. The van der Waals surface area contributed by atoms with Crippen LogP contribution in [0.5, 0.6) is 0 Å². The van der Waals surface area contributed by atoms with Crippen LogP contribution in [0.4, 0.5) is 0 Å². The topological polar surface area (TPSA) is 64.5 Å². The lowest BCUT2D eigenvalue weighted by Gasteiger charge is -2.14. The molecule has 0 saturated heterocycles. The minimum Gasteiger partial charge on any atom is -0.255 e. The van der Waals surface area contributed by atoms with Crippen LogP contribution in [0.25, 0.3) is 89.4 Å². The molecule has 0 aliphatic carbocycles. The predicted octanol–water partition coefficient (Wildman–Crippen LogP) is 11.0. The second kappa shape index (κ2) is 12.6. The third kappa shape index (κ3) is 5.57. The van der Waals surface area contributed by atoms with E-state index in [2.05, 4.69) is 131 Å². The average molecular weight is 640 g/mol. The molecule has 9 rings (SSSR count). The van der Waals surface area contributed by atoms with Crippen molar-refractivity contribution in [2.24, 2.45) is 0 Å². The van der Waals surface area contributed by atoms with Crippen molar-refractivity contribution >= 4 is 21.7 Å². The fourth-order valence-corrected chi connectivity index (χ4v) is 6.54. The third-order valence-electron chi connectivity index (χ3n) is 9.00. The molecule has 0 aliphatic rings. The Morgan fingerprint density at radius 2 is 0.980 bits per heavy atom. The molecule has 0 radical (unpaired) electrons. The van der Waals surface area contributed by atoms with Crippen LogP contribution in [0.15, 0.2) is 176 Å². The molecule has 0 aliphatic heterocycles. The van der Waals surface area contributed by atoms with Gasteiger partial charge in [-0.2, -0.15) is 0 Å². The van der Waals surface area contributed by atoms with E-state index in [0.717, 1.165) is 56.2 Å². The van der Waals surface area contributed by atoms with Crippen LogP contribution < -0.4 is 0 Å². The molecule has 5 aromatic carbocycles. The molecule has 4 heterocycles. The monoisotopic (exact) mass is 639 g/mol. The Morgan fingerprint density at radius 3 is 1.70 bits per heavy atom. The van der Waals surface area contributed by atoms with E-state index in [1.54, 1.807) is 12.4 Å². The van der Waals surface area contributed by atoms with Gasteiger partial charge in [0.15, 0.2) is 5.82 Å². The number of pyridine rings is 3. The molecule has 234 valence electrons. The van der Waals surface area contributed by atoms with Gasteiger partial charge in [0.2, 0.25) is 0 Å². The van der Waals surface area contributed by atoms with E-state index in [1.807, 2.05) is 42.5 Å². The molecular weight excluding hydrogens is 611 g/mol. The van der Waals surface area contributed by atoms with Gasteiger partial charge >= 0.3 is 0 Å². The highest BCUT2D eigenvalue weighted by atomic mass is 14.9. The van der Waals surface area contributed by atoms with Gasteiger partial charge in [-0.3, -0.25) is 9.97 Å². The standard InChI is InChI=1S/C45H29N5/c1-2-11-31(12-3-1)37-28-41(48-40-24-23-32-13-4-5-16-36(32)44(37)40)35-15-10-14-34(27-35)30-19-21-33(22-20-30)45-49-42(38-17-6-8-25-46-38)29-43(50-45)39-18-7-9-26-47-39/h1-29H. The number of aromatic nitrogens is 5. The lowest BCUT2D eigenvalue weighted by molar-refractivity contribution is 1.15. The molecule has 0 N–H and O–H groups in total. The summed E-state index contributed by atoms with van der Waals surface area (Å²) < 4.78 is 0. The summed E-state index contributed by atoms with van der Waals surface area (Å²) in [6.45, 7) is 0. The highest BCUT2D eigenvalue weighted by Crippen LogP contribution is 2.37. The normalized spacial score (nSPS) is 11.2. The zero-order valence-electron chi connectivity index (χ0n) is 27.0. The Morgan fingerprint density at radius 1 is 0.340 bits per heavy atom. The van der Waals surface area contributed by atoms with Crippen LogP contribution in [-0.4, -0.2) is 24.9 Å².